The van der Waals surface area contributed by atoms with E-state index >= 15 is 0 Å². The maximum Gasteiger partial charge on any atom is 0.216 e. The van der Waals surface area contributed by atoms with Gasteiger partial charge in [0.05, 0.1) is 11.9 Å². The highest BCUT2D eigenvalue weighted by molar-refractivity contribution is 7.90. The summed E-state index contributed by atoms with van der Waals surface area (Å²) in [7, 11) is -3.38. The lowest BCUT2D eigenvalue weighted by atomic mass is 10.4. The van der Waals surface area contributed by atoms with Crippen molar-refractivity contribution in [3.8, 4) is 0 Å². The minimum absolute atomic E-state index is 0.288. The molecule has 4 nitrogen and oxygen atoms in total. The van der Waals surface area contributed by atoms with E-state index in [9.17, 15) is 8.42 Å². The molecular formula is C8H13NO3S2. The normalized spacial score (nSPS) is 14.1. The third-order valence-electron chi connectivity index (χ3n) is 1.84. The van der Waals surface area contributed by atoms with Gasteiger partial charge >= 0.3 is 0 Å². The highest BCUT2D eigenvalue weighted by atomic mass is 32.2. The van der Waals surface area contributed by atoms with Crippen LogP contribution in [0.25, 0.3) is 0 Å². The van der Waals surface area contributed by atoms with Gasteiger partial charge in [-0.3, -0.25) is 0 Å². The fourth-order valence-electron chi connectivity index (χ4n) is 0.818. The lowest BCUT2D eigenvalue weighted by Crippen LogP contribution is -2.34. The highest BCUT2D eigenvalue weighted by Gasteiger charge is 2.18. The van der Waals surface area contributed by atoms with Crippen LogP contribution in [0, 0.1) is 0 Å². The molecule has 1 heterocycles. The molecule has 0 bridgehead atoms. The molecule has 80 valence electrons. The van der Waals surface area contributed by atoms with Crippen molar-refractivity contribution in [2.45, 2.75) is 18.7 Å². The zero-order valence-corrected chi connectivity index (χ0v) is 9.44. The Hall–Kier alpha value is -0.430. The first-order valence-electron chi connectivity index (χ1n) is 4.16. The fourth-order valence-corrected chi connectivity index (χ4v) is 2.33. The van der Waals surface area contributed by atoms with Crippen LogP contribution in [0.15, 0.2) is 16.8 Å². The van der Waals surface area contributed by atoms with Gasteiger partial charge in [-0.15, -0.1) is 0 Å². The molecule has 1 atom stereocenters. The van der Waals surface area contributed by atoms with Crippen LogP contribution >= 0.6 is 11.3 Å². The van der Waals surface area contributed by atoms with E-state index in [0.717, 1.165) is 5.56 Å². The molecule has 0 aliphatic carbocycles. The zero-order chi connectivity index (χ0) is 10.6. The summed E-state index contributed by atoms with van der Waals surface area (Å²) in [5.41, 5.74) is 0.934. The maximum absolute atomic E-state index is 11.4. The van der Waals surface area contributed by atoms with Crippen LogP contribution in [-0.4, -0.2) is 25.4 Å². The number of hydrogen-bond acceptors (Lipinski definition) is 4. The third kappa shape index (κ3) is 3.06. The number of rotatable bonds is 5. The lowest BCUT2D eigenvalue weighted by Gasteiger charge is -2.10. The maximum atomic E-state index is 11.4. The van der Waals surface area contributed by atoms with Gasteiger partial charge in [-0.05, 0) is 29.3 Å². The second-order valence-corrected chi connectivity index (χ2v) is 5.95. The first-order valence-corrected chi connectivity index (χ1v) is 6.65. The van der Waals surface area contributed by atoms with Crippen LogP contribution < -0.4 is 4.72 Å². The minimum atomic E-state index is -3.38. The van der Waals surface area contributed by atoms with E-state index in [4.69, 9.17) is 5.11 Å². The molecular weight excluding hydrogens is 222 g/mol. The molecule has 0 aliphatic rings. The summed E-state index contributed by atoms with van der Waals surface area (Å²) in [6.45, 7) is 1.39. The van der Waals surface area contributed by atoms with Crippen molar-refractivity contribution in [1.29, 1.82) is 0 Å². The standard InChI is InChI=1S/C8H13NO3S2/c1-7(5-10)14(11,12)9-4-8-2-3-13-6-8/h2-3,6-7,9-10H,4-5H2,1H3. The van der Waals surface area contributed by atoms with Gasteiger partial charge < -0.3 is 5.11 Å². The van der Waals surface area contributed by atoms with Gasteiger partial charge in [-0.1, -0.05) is 0 Å². The van der Waals surface area contributed by atoms with Gasteiger partial charge in [-0.25, -0.2) is 13.1 Å². The predicted molar refractivity (Wildman–Crippen MR) is 56.6 cm³/mol. The molecule has 0 fully saturated rings. The summed E-state index contributed by atoms with van der Waals surface area (Å²) < 4.78 is 25.2. The quantitative estimate of drug-likeness (QED) is 0.783. The number of thiophene rings is 1. The molecule has 0 spiro atoms. The summed E-state index contributed by atoms with van der Waals surface area (Å²) in [5, 5.41) is 11.7. The van der Waals surface area contributed by atoms with Gasteiger partial charge in [0.25, 0.3) is 0 Å². The summed E-state index contributed by atoms with van der Waals surface area (Å²) >= 11 is 1.52. The van der Waals surface area contributed by atoms with E-state index in [1.54, 1.807) is 0 Å². The first-order chi connectivity index (χ1) is 6.56. The van der Waals surface area contributed by atoms with Gasteiger partial charge in [0, 0.05) is 6.54 Å². The van der Waals surface area contributed by atoms with E-state index in [-0.39, 0.29) is 13.2 Å². The van der Waals surface area contributed by atoms with Gasteiger partial charge in [0.2, 0.25) is 10.0 Å². The molecule has 1 aromatic heterocycles. The van der Waals surface area contributed by atoms with E-state index in [1.807, 2.05) is 16.8 Å². The predicted octanol–water partition coefficient (Wildman–Crippen LogP) is 0.548. The van der Waals surface area contributed by atoms with Crippen molar-refractivity contribution < 1.29 is 13.5 Å². The van der Waals surface area contributed by atoms with Crippen molar-refractivity contribution in [1.82, 2.24) is 4.72 Å². The number of sulfonamides is 1. The summed E-state index contributed by atoms with van der Waals surface area (Å²) in [6, 6.07) is 1.86. The van der Waals surface area contributed by atoms with Crippen LogP contribution in [0.2, 0.25) is 0 Å². The Morgan fingerprint density at radius 2 is 2.36 bits per heavy atom. The Morgan fingerprint density at radius 1 is 1.64 bits per heavy atom. The molecule has 0 aliphatic heterocycles. The monoisotopic (exact) mass is 235 g/mol. The number of aliphatic hydroxyl groups is 1. The Labute approximate surface area is 87.6 Å². The van der Waals surface area contributed by atoms with Crippen LogP contribution in [0.1, 0.15) is 12.5 Å². The Morgan fingerprint density at radius 3 is 2.86 bits per heavy atom. The average Bonchev–Trinajstić information content (AvgIpc) is 2.66. The Balaban J connectivity index is 2.53. The van der Waals surface area contributed by atoms with Crippen molar-refractivity contribution in [2.24, 2.45) is 0 Å². The SMILES string of the molecule is CC(CO)S(=O)(=O)NCc1ccsc1. The van der Waals surface area contributed by atoms with E-state index in [0.29, 0.717) is 0 Å². The van der Waals surface area contributed by atoms with Crippen LogP contribution in [0.5, 0.6) is 0 Å². The molecule has 1 unspecified atom stereocenters. The summed E-state index contributed by atoms with van der Waals surface area (Å²) in [4.78, 5) is 0. The van der Waals surface area contributed by atoms with Crippen molar-refractivity contribution in [3.63, 3.8) is 0 Å². The number of hydrogen-bond donors (Lipinski definition) is 2. The molecule has 6 heteroatoms. The molecule has 0 aromatic carbocycles. The lowest BCUT2D eigenvalue weighted by molar-refractivity contribution is 0.294. The topological polar surface area (TPSA) is 66.4 Å². The molecule has 1 aromatic rings. The molecule has 0 amide bonds. The van der Waals surface area contributed by atoms with E-state index in [1.165, 1.54) is 18.3 Å². The molecule has 14 heavy (non-hydrogen) atoms. The minimum Gasteiger partial charge on any atom is -0.395 e. The van der Waals surface area contributed by atoms with Crippen LogP contribution in [0.4, 0.5) is 0 Å². The van der Waals surface area contributed by atoms with E-state index < -0.39 is 15.3 Å². The van der Waals surface area contributed by atoms with Gasteiger partial charge in [0.15, 0.2) is 0 Å². The molecule has 0 saturated heterocycles. The van der Waals surface area contributed by atoms with Crippen molar-refractivity contribution >= 4 is 21.4 Å². The largest absolute Gasteiger partial charge is 0.395 e. The highest BCUT2D eigenvalue weighted by Crippen LogP contribution is 2.06. The average molecular weight is 235 g/mol. The molecule has 0 radical (unpaired) electrons. The van der Waals surface area contributed by atoms with Crippen molar-refractivity contribution in [2.75, 3.05) is 6.61 Å². The fraction of sp³-hybridized carbons (Fsp3) is 0.500. The van der Waals surface area contributed by atoms with Crippen molar-refractivity contribution in [3.05, 3.63) is 22.4 Å². The van der Waals surface area contributed by atoms with Crippen LogP contribution in [-0.2, 0) is 16.6 Å². The Kier molecular flexibility index (Phi) is 4.06. The molecule has 0 saturated carbocycles. The van der Waals surface area contributed by atoms with Crippen LogP contribution in [0.3, 0.4) is 0 Å². The Bertz CT molecular complexity index is 358. The smallest absolute Gasteiger partial charge is 0.216 e. The third-order valence-corrected chi connectivity index (χ3v) is 4.33. The second-order valence-electron chi connectivity index (χ2n) is 2.99. The summed E-state index contributed by atoms with van der Waals surface area (Å²) in [5.74, 6) is 0. The second kappa shape index (κ2) is 4.88. The number of aliphatic hydroxyl groups excluding tert-OH is 1. The number of nitrogens with one attached hydrogen (secondary N) is 1. The summed E-state index contributed by atoms with van der Waals surface area (Å²) in [6.07, 6.45) is 0. The molecule has 1 rings (SSSR count). The van der Waals surface area contributed by atoms with E-state index in [2.05, 4.69) is 4.72 Å². The van der Waals surface area contributed by atoms with Gasteiger partial charge in [-0.2, -0.15) is 11.3 Å². The molecule has 2 N–H and O–H groups in total. The first kappa shape index (κ1) is 11.6. The zero-order valence-electron chi connectivity index (χ0n) is 7.80. The van der Waals surface area contributed by atoms with Gasteiger partial charge in [0.1, 0.15) is 0 Å².